The van der Waals surface area contributed by atoms with E-state index >= 15 is 4.39 Å². The van der Waals surface area contributed by atoms with Crippen LogP contribution in [0.4, 0.5) is 14.9 Å². The first-order chi connectivity index (χ1) is 20.5. The molecule has 1 fully saturated rings. The van der Waals surface area contributed by atoms with E-state index < -0.39 is 23.6 Å². The summed E-state index contributed by atoms with van der Waals surface area (Å²) < 4.78 is 22.9. The van der Waals surface area contributed by atoms with Crippen LogP contribution in [0.5, 0.6) is 0 Å². The average Bonchev–Trinajstić information content (AvgIpc) is 3.65. The molecule has 1 atom stereocenters. The van der Waals surface area contributed by atoms with Crippen molar-refractivity contribution >= 4 is 17.7 Å². The van der Waals surface area contributed by atoms with Crippen LogP contribution in [-0.2, 0) is 15.1 Å². The molecule has 5 aromatic rings. The molecule has 1 aliphatic rings. The van der Waals surface area contributed by atoms with Crippen molar-refractivity contribution in [3.05, 3.63) is 144 Å². The molecule has 0 aliphatic carbocycles. The van der Waals surface area contributed by atoms with Gasteiger partial charge in [-0.25, -0.2) is 9.18 Å². The normalized spacial score (nSPS) is 15.0. The van der Waals surface area contributed by atoms with Gasteiger partial charge in [0.25, 0.3) is 0 Å². The number of halogens is 1. The topological polar surface area (TPSA) is 76.5 Å². The van der Waals surface area contributed by atoms with Crippen molar-refractivity contribution in [3.63, 3.8) is 0 Å². The van der Waals surface area contributed by atoms with Gasteiger partial charge in [-0.15, -0.1) is 0 Å². The second-order valence-corrected chi connectivity index (χ2v) is 10.2. The summed E-state index contributed by atoms with van der Waals surface area (Å²) in [6.45, 7) is 1.81. The molecule has 2 amide bonds. The molecule has 210 valence electrons. The van der Waals surface area contributed by atoms with Crippen molar-refractivity contribution in [2.75, 3.05) is 18.0 Å². The Morgan fingerprint density at radius 1 is 0.929 bits per heavy atom. The molecule has 0 unspecified atom stereocenters. The van der Waals surface area contributed by atoms with Gasteiger partial charge in [-0.1, -0.05) is 91.0 Å². The van der Waals surface area contributed by atoms with E-state index in [2.05, 4.69) is 41.7 Å². The molecule has 0 saturated carbocycles. The van der Waals surface area contributed by atoms with E-state index in [4.69, 9.17) is 9.84 Å². The van der Waals surface area contributed by atoms with Crippen molar-refractivity contribution < 1.29 is 18.7 Å². The fourth-order valence-electron chi connectivity index (χ4n) is 5.58. The molecule has 6 rings (SSSR count). The maximum atomic E-state index is 15.7. The Morgan fingerprint density at radius 3 is 2.02 bits per heavy atom. The zero-order chi connectivity index (χ0) is 29.1. The number of ether oxygens (including phenoxy) is 1. The van der Waals surface area contributed by atoms with Crippen LogP contribution in [0.25, 0.3) is 11.1 Å². The number of carbonyl (C=O) groups excluding carboxylic acids is 2. The average molecular weight is 561 g/mol. The van der Waals surface area contributed by atoms with Crippen LogP contribution in [0.2, 0.25) is 0 Å². The van der Waals surface area contributed by atoms with E-state index in [9.17, 15) is 9.59 Å². The summed E-state index contributed by atoms with van der Waals surface area (Å²) in [7, 11) is 0. The largest absolute Gasteiger partial charge is 0.442 e. The highest BCUT2D eigenvalue weighted by atomic mass is 19.1. The maximum Gasteiger partial charge on any atom is 0.414 e. The molecule has 8 heteroatoms. The van der Waals surface area contributed by atoms with Crippen molar-refractivity contribution in [2.45, 2.75) is 18.6 Å². The van der Waals surface area contributed by atoms with Crippen molar-refractivity contribution in [3.8, 4) is 11.1 Å². The summed E-state index contributed by atoms with van der Waals surface area (Å²) in [5.74, 6) is -0.703. The van der Waals surface area contributed by atoms with Crippen LogP contribution in [0, 0.1) is 5.82 Å². The molecule has 42 heavy (non-hydrogen) atoms. The lowest BCUT2D eigenvalue weighted by atomic mass is 9.77. The van der Waals surface area contributed by atoms with Crippen molar-refractivity contribution in [2.24, 2.45) is 0 Å². The third-order valence-corrected chi connectivity index (χ3v) is 7.53. The quantitative estimate of drug-likeness (QED) is 0.237. The Bertz CT molecular complexity index is 1610. The number of cyclic esters (lactones) is 1. The van der Waals surface area contributed by atoms with Gasteiger partial charge in [0, 0.05) is 24.2 Å². The standard InChI is InChI=1S/C34H29FN4O3/c1-24(40)36-21-30-23-38(33(41)42-30)29-17-18-31(32(35)19-29)25-20-37-39(22-25)34(26-11-5-2-6-12-26,27-13-7-3-8-14-27)28-15-9-4-10-16-28/h2-20,22,30H,21,23H2,1H3,(H,36,40)/t30-/m0/s1. The number of amides is 2. The highest BCUT2D eigenvalue weighted by Gasteiger charge is 2.39. The van der Waals surface area contributed by atoms with Gasteiger partial charge < -0.3 is 10.1 Å². The second kappa shape index (κ2) is 11.3. The summed E-state index contributed by atoms with van der Waals surface area (Å²) in [5.41, 5.74) is 3.54. The fourth-order valence-corrected chi connectivity index (χ4v) is 5.58. The minimum Gasteiger partial charge on any atom is -0.442 e. The SMILES string of the molecule is CC(=O)NC[C@H]1CN(c2ccc(-c3cnn(C(c4ccccc4)(c4ccccc4)c4ccccc4)c3)c(F)c2)C(=O)O1. The van der Waals surface area contributed by atoms with E-state index in [0.29, 0.717) is 16.8 Å². The predicted molar refractivity (Wildman–Crippen MR) is 159 cm³/mol. The number of rotatable bonds is 8. The fraction of sp³-hybridized carbons (Fsp3) is 0.147. The zero-order valence-corrected chi connectivity index (χ0v) is 23.0. The van der Waals surface area contributed by atoms with Crippen LogP contribution in [-0.4, -0.2) is 41.0 Å². The summed E-state index contributed by atoms with van der Waals surface area (Å²) in [5, 5.41) is 7.47. The van der Waals surface area contributed by atoms with Gasteiger partial charge in [-0.05, 0) is 34.9 Å². The summed E-state index contributed by atoms with van der Waals surface area (Å²) >= 11 is 0. The molecule has 1 aliphatic heterocycles. The summed E-state index contributed by atoms with van der Waals surface area (Å²) in [6, 6.07) is 35.1. The third-order valence-electron chi connectivity index (χ3n) is 7.53. The molecule has 1 saturated heterocycles. The minimum absolute atomic E-state index is 0.198. The molecule has 2 heterocycles. The lowest BCUT2D eigenvalue weighted by molar-refractivity contribution is -0.119. The minimum atomic E-state index is -0.819. The second-order valence-electron chi connectivity index (χ2n) is 10.2. The highest BCUT2D eigenvalue weighted by molar-refractivity contribution is 5.90. The van der Waals surface area contributed by atoms with E-state index in [1.165, 1.54) is 17.9 Å². The first-order valence-electron chi connectivity index (χ1n) is 13.7. The lowest BCUT2D eigenvalue weighted by Crippen LogP contribution is -2.38. The van der Waals surface area contributed by atoms with Gasteiger partial charge in [0.05, 0.1) is 25.0 Å². The van der Waals surface area contributed by atoms with Crippen LogP contribution in [0.3, 0.4) is 0 Å². The molecule has 7 nitrogen and oxygen atoms in total. The molecular formula is C34H29FN4O3. The molecular weight excluding hydrogens is 531 g/mol. The van der Waals surface area contributed by atoms with Gasteiger partial charge in [-0.2, -0.15) is 5.10 Å². The van der Waals surface area contributed by atoms with Gasteiger partial charge >= 0.3 is 6.09 Å². The highest BCUT2D eigenvalue weighted by Crippen LogP contribution is 2.41. The molecule has 0 spiro atoms. The number of aromatic nitrogens is 2. The van der Waals surface area contributed by atoms with E-state index in [1.54, 1.807) is 18.3 Å². The molecule has 1 aromatic heterocycles. The Hall–Kier alpha value is -5.24. The lowest BCUT2D eigenvalue weighted by Gasteiger charge is -2.36. The number of anilines is 1. The number of carbonyl (C=O) groups is 2. The number of nitrogens with one attached hydrogen (secondary N) is 1. The van der Waals surface area contributed by atoms with Crippen molar-refractivity contribution in [1.82, 2.24) is 15.1 Å². The van der Waals surface area contributed by atoms with Crippen LogP contribution >= 0.6 is 0 Å². The van der Waals surface area contributed by atoms with Gasteiger partial charge in [-0.3, -0.25) is 14.4 Å². The van der Waals surface area contributed by atoms with Gasteiger partial charge in [0.15, 0.2) is 0 Å². The predicted octanol–water partition coefficient (Wildman–Crippen LogP) is 5.99. The Morgan fingerprint density at radius 2 is 1.50 bits per heavy atom. The first-order valence-corrected chi connectivity index (χ1v) is 13.7. The summed E-state index contributed by atoms with van der Waals surface area (Å²) in [4.78, 5) is 25.1. The Kier molecular flexibility index (Phi) is 7.27. The monoisotopic (exact) mass is 560 g/mol. The van der Waals surface area contributed by atoms with E-state index in [0.717, 1.165) is 16.7 Å². The van der Waals surface area contributed by atoms with Gasteiger partial charge in [0.1, 0.15) is 17.5 Å². The Balaban J connectivity index is 1.39. The van der Waals surface area contributed by atoms with Crippen LogP contribution in [0.15, 0.2) is 122 Å². The molecule has 0 radical (unpaired) electrons. The van der Waals surface area contributed by atoms with Crippen LogP contribution in [0.1, 0.15) is 23.6 Å². The molecule has 0 bridgehead atoms. The molecule has 1 N–H and O–H groups in total. The van der Waals surface area contributed by atoms with E-state index in [1.807, 2.05) is 65.5 Å². The number of benzene rings is 4. The number of hydrogen-bond acceptors (Lipinski definition) is 4. The Labute approximate surface area is 243 Å². The van der Waals surface area contributed by atoms with Crippen LogP contribution < -0.4 is 10.2 Å². The number of nitrogens with zero attached hydrogens (tertiary/aromatic N) is 3. The number of hydrogen-bond donors (Lipinski definition) is 1. The zero-order valence-electron chi connectivity index (χ0n) is 23.0. The maximum absolute atomic E-state index is 15.7. The van der Waals surface area contributed by atoms with Crippen molar-refractivity contribution in [1.29, 1.82) is 0 Å². The molecule has 4 aromatic carbocycles. The smallest absolute Gasteiger partial charge is 0.414 e. The summed E-state index contributed by atoms with van der Waals surface area (Å²) in [6.07, 6.45) is 2.43. The third kappa shape index (κ3) is 4.92. The first kappa shape index (κ1) is 27.0. The van der Waals surface area contributed by atoms with E-state index in [-0.39, 0.29) is 19.0 Å². The van der Waals surface area contributed by atoms with Gasteiger partial charge in [0.2, 0.25) is 5.91 Å².